The Bertz CT molecular complexity index is 404. The van der Waals surface area contributed by atoms with Crippen LogP contribution in [0.4, 0.5) is 0 Å². The Morgan fingerprint density at radius 1 is 1.47 bits per heavy atom. The maximum atomic E-state index is 11.9. The smallest absolute Gasteiger partial charge is 0.252 e. The zero-order valence-corrected chi connectivity index (χ0v) is 12.1. The zero-order valence-electron chi connectivity index (χ0n) is 11.3. The SMILES string of the molecule is CC(C)N(CCO)C(=O)CCNC(=O)c1ccsc1. The Labute approximate surface area is 117 Å². The molecule has 0 atom stereocenters. The van der Waals surface area contributed by atoms with E-state index in [2.05, 4.69) is 5.32 Å². The zero-order chi connectivity index (χ0) is 14.3. The standard InChI is InChI=1S/C13H20N2O3S/c1-10(2)15(6-7-16)12(17)3-5-14-13(18)11-4-8-19-9-11/h4,8-10,16H,3,5-7H2,1-2H3,(H,14,18). The number of nitrogens with zero attached hydrogens (tertiary/aromatic N) is 1. The summed E-state index contributed by atoms with van der Waals surface area (Å²) in [6.45, 7) is 4.39. The van der Waals surface area contributed by atoms with E-state index in [9.17, 15) is 9.59 Å². The number of aliphatic hydroxyl groups is 1. The van der Waals surface area contributed by atoms with Crippen LogP contribution in [0, 0.1) is 0 Å². The van der Waals surface area contributed by atoms with Crippen molar-refractivity contribution in [1.29, 1.82) is 0 Å². The fourth-order valence-corrected chi connectivity index (χ4v) is 2.34. The molecule has 106 valence electrons. The van der Waals surface area contributed by atoms with Gasteiger partial charge in [0.2, 0.25) is 5.91 Å². The van der Waals surface area contributed by atoms with Gasteiger partial charge in [-0.05, 0) is 25.3 Å². The highest BCUT2D eigenvalue weighted by molar-refractivity contribution is 7.08. The third-order valence-electron chi connectivity index (χ3n) is 2.69. The second kappa shape index (κ2) is 7.91. The summed E-state index contributed by atoms with van der Waals surface area (Å²) in [5, 5.41) is 15.2. The van der Waals surface area contributed by atoms with Crippen LogP contribution in [0.25, 0.3) is 0 Å². The minimum Gasteiger partial charge on any atom is -0.395 e. The molecule has 1 rings (SSSR count). The number of aliphatic hydroxyl groups excluding tert-OH is 1. The molecule has 0 aliphatic rings. The van der Waals surface area contributed by atoms with E-state index in [4.69, 9.17) is 5.11 Å². The number of thiophene rings is 1. The average molecular weight is 284 g/mol. The van der Waals surface area contributed by atoms with Crippen LogP contribution in [0.3, 0.4) is 0 Å². The number of hydrogen-bond acceptors (Lipinski definition) is 4. The molecular formula is C13H20N2O3S. The van der Waals surface area contributed by atoms with Gasteiger partial charge >= 0.3 is 0 Å². The van der Waals surface area contributed by atoms with Crippen molar-refractivity contribution in [3.63, 3.8) is 0 Å². The average Bonchev–Trinajstić information content (AvgIpc) is 2.89. The molecule has 0 radical (unpaired) electrons. The fraction of sp³-hybridized carbons (Fsp3) is 0.538. The predicted octanol–water partition coefficient (Wildman–Crippen LogP) is 1.10. The molecular weight excluding hydrogens is 264 g/mol. The molecule has 0 aliphatic carbocycles. The summed E-state index contributed by atoms with van der Waals surface area (Å²) in [7, 11) is 0. The van der Waals surface area contributed by atoms with E-state index in [1.807, 2.05) is 19.2 Å². The van der Waals surface area contributed by atoms with E-state index in [0.717, 1.165) is 0 Å². The van der Waals surface area contributed by atoms with Gasteiger partial charge in [-0.3, -0.25) is 9.59 Å². The molecule has 0 saturated carbocycles. The molecule has 0 bridgehead atoms. The number of carbonyl (C=O) groups is 2. The van der Waals surface area contributed by atoms with Crippen molar-refractivity contribution in [2.75, 3.05) is 19.7 Å². The first-order chi connectivity index (χ1) is 9.06. The third-order valence-corrected chi connectivity index (χ3v) is 3.38. The molecule has 1 aromatic heterocycles. The van der Waals surface area contributed by atoms with E-state index in [-0.39, 0.29) is 30.9 Å². The van der Waals surface area contributed by atoms with Gasteiger partial charge in [0.15, 0.2) is 0 Å². The van der Waals surface area contributed by atoms with Crippen LogP contribution in [-0.4, -0.2) is 47.6 Å². The summed E-state index contributed by atoms with van der Waals surface area (Å²) in [5.74, 6) is -0.220. The van der Waals surface area contributed by atoms with Crippen molar-refractivity contribution in [1.82, 2.24) is 10.2 Å². The van der Waals surface area contributed by atoms with Crippen LogP contribution in [0.2, 0.25) is 0 Å². The van der Waals surface area contributed by atoms with Gasteiger partial charge < -0.3 is 15.3 Å². The van der Waals surface area contributed by atoms with E-state index in [1.54, 1.807) is 16.3 Å². The number of nitrogens with one attached hydrogen (secondary N) is 1. The second-order valence-electron chi connectivity index (χ2n) is 4.42. The van der Waals surface area contributed by atoms with Crippen LogP contribution < -0.4 is 5.32 Å². The molecule has 0 aliphatic heterocycles. The molecule has 0 fully saturated rings. The summed E-state index contributed by atoms with van der Waals surface area (Å²) >= 11 is 1.46. The third kappa shape index (κ3) is 5.00. The fourth-order valence-electron chi connectivity index (χ4n) is 1.70. The van der Waals surface area contributed by atoms with Crippen LogP contribution in [0.15, 0.2) is 16.8 Å². The molecule has 1 aromatic rings. The van der Waals surface area contributed by atoms with Gasteiger partial charge in [-0.25, -0.2) is 0 Å². The topological polar surface area (TPSA) is 69.6 Å². The highest BCUT2D eigenvalue weighted by Crippen LogP contribution is 2.05. The van der Waals surface area contributed by atoms with Gasteiger partial charge in [-0.15, -0.1) is 0 Å². The molecule has 19 heavy (non-hydrogen) atoms. The molecule has 0 spiro atoms. The summed E-state index contributed by atoms with van der Waals surface area (Å²) in [6, 6.07) is 1.79. The lowest BCUT2D eigenvalue weighted by atomic mass is 10.2. The molecule has 6 heteroatoms. The maximum absolute atomic E-state index is 11.9. The summed E-state index contributed by atoms with van der Waals surface area (Å²) in [5.41, 5.74) is 0.619. The number of rotatable bonds is 7. The van der Waals surface area contributed by atoms with E-state index in [0.29, 0.717) is 18.7 Å². The van der Waals surface area contributed by atoms with Gasteiger partial charge in [-0.1, -0.05) is 0 Å². The molecule has 5 nitrogen and oxygen atoms in total. The van der Waals surface area contributed by atoms with Gasteiger partial charge in [-0.2, -0.15) is 11.3 Å². The van der Waals surface area contributed by atoms with Crippen LogP contribution in [0.1, 0.15) is 30.6 Å². The molecule has 0 saturated heterocycles. The van der Waals surface area contributed by atoms with E-state index >= 15 is 0 Å². The van der Waals surface area contributed by atoms with Crippen LogP contribution in [0.5, 0.6) is 0 Å². The minimum absolute atomic E-state index is 0.0484. The Morgan fingerprint density at radius 3 is 2.74 bits per heavy atom. The molecule has 0 unspecified atom stereocenters. The van der Waals surface area contributed by atoms with Crippen molar-refractivity contribution < 1.29 is 14.7 Å². The highest BCUT2D eigenvalue weighted by Gasteiger charge is 2.16. The normalized spacial score (nSPS) is 10.5. The van der Waals surface area contributed by atoms with Gasteiger partial charge in [0.25, 0.3) is 5.91 Å². The quantitative estimate of drug-likeness (QED) is 0.787. The lowest BCUT2D eigenvalue weighted by molar-refractivity contribution is -0.133. The predicted molar refractivity (Wildman–Crippen MR) is 75.2 cm³/mol. The van der Waals surface area contributed by atoms with Crippen molar-refractivity contribution in [2.45, 2.75) is 26.3 Å². The Morgan fingerprint density at radius 2 is 2.21 bits per heavy atom. The van der Waals surface area contributed by atoms with Gasteiger partial charge in [0.05, 0.1) is 6.61 Å². The highest BCUT2D eigenvalue weighted by atomic mass is 32.1. The largest absolute Gasteiger partial charge is 0.395 e. The summed E-state index contributed by atoms with van der Waals surface area (Å²) in [4.78, 5) is 25.2. The summed E-state index contributed by atoms with van der Waals surface area (Å²) < 4.78 is 0. The molecule has 2 amide bonds. The number of carbonyl (C=O) groups excluding carboxylic acids is 2. The Kier molecular flexibility index (Phi) is 6.52. The van der Waals surface area contributed by atoms with Crippen molar-refractivity contribution in [3.05, 3.63) is 22.4 Å². The molecule has 0 aromatic carbocycles. The van der Waals surface area contributed by atoms with Crippen molar-refractivity contribution >= 4 is 23.2 Å². The van der Waals surface area contributed by atoms with Crippen LogP contribution in [-0.2, 0) is 4.79 Å². The van der Waals surface area contributed by atoms with E-state index in [1.165, 1.54) is 11.3 Å². The minimum atomic E-state index is -0.160. The number of hydrogen-bond donors (Lipinski definition) is 2. The molecule has 1 heterocycles. The second-order valence-corrected chi connectivity index (χ2v) is 5.20. The maximum Gasteiger partial charge on any atom is 0.252 e. The number of amides is 2. The lowest BCUT2D eigenvalue weighted by Gasteiger charge is -2.26. The van der Waals surface area contributed by atoms with E-state index < -0.39 is 0 Å². The lowest BCUT2D eigenvalue weighted by Crippen LogP contribution is -2.40. The van der Waals surface area contributed by atoms with Crippen molar-refractivity contribution in [3.8, 4) is 0 Å². The van der Waals surface area contributed by atoms with Gasteiger partial charge in [0.1, 0.15) is 0 Å². The van der Waals surface area contributed by atoms with Crippen LogP contribution >= 0.6 is 11.3 Å². The first-order valence-electron chi connectivity index (χ1n) is 6.27. The monoisotopic (exact) mass is 284 g/mol. The first kappa shape index (κ1) is 15.7. The van der Waals surface area contributed by atoms with Crippen molar-refractivity contribution in [2.24, 2.45) is 0 Å². The summed E-state index contributed by atoms with van der Waals surface area (Å²) in [6.07, 6.45) is 0.244. The van der Waals surface area contributed by atoms with Gasteiger partial charge in [0, 0.05) is 36.5 Å². The Balaban J connectivity index is 2.35. The Hall–Kier alpha value is -1.40. The first-order valence-corrected chi connectivity index (χ1v) is 7.21. The molecule has 2 N–H and O–H groups in total.